The normalized spacial score (nSPS) is 10.2. The highest BCUT2D eigenvalue weighted by Gasteiger charge is 1.95. The second-order valence-corrected chi connectivity index (χ2v) is 3.88. The van der Waals surface area contributed by atoms with Crippen molar-refractivity contribution in [2.45, 2.75) is 40.0 Å². The van der Waals surface area contributed by atoms with Crippen LogP contribution in [0.2, 0.25) is 0 Å². The number of hydrogen-bond donors (Lipinski definition) is 0. The molecule has 0 N–H and O–H groups in total. The molecule has 0 aromatic heterocycles. The van der Waals surface area contributed by atoms with E-state index in [1.807, 2.05) is 32.9 Å². The van der Waals surface area contributed by atoms with Crippen molar-refractivity contribution in [3.8, 4) is 0 Å². The molecule has 0 amide bonds. The lowest BCUT2D eigenvalue weighted by molar-refractivity contribution is -0.114. The van der Waals surface area contributed by atoms with Crippen LogP contribution in [-0.4, -0.2) is 5.78 Å². The number of rotatable bonds is 6. The Morgan fingerprint density at radius 3 is 2.36 bits per heavy atom. The van der Waals surface area contributed by atoms with Gasteiger partial charge >= 0.3 is 0 Å². The summed E-state index contributed by atoms with van der Waals surface area (Å²) in [6.07, 6.45) is 7.88. The van der Waals surface area contributed by atoms with E-state index in [2.05, 4.69) is 6.58 Å². The molecule has 0 aromatic carbocycles. The molecule has 78 valence electrons. The summed E-state index contributed by atoms with van der Waals surface area (Å²) in [5.74, 6) is 0.198. The number of carbonyl (C=O) groups excluding carboxylic acids is 1. The topological polar surface area (TPSA) is 17.1 Å². The molecule has 0 unspecified atom stereocenters. The Bertz CT molecular complexity index is 252. The summed E-state index contributed by atoms with van der Waals surface area (Å²) in [6, 6.07) is 0. The van der Waals surface area contributed by atoms with Gasteiger partial charge in [0.25, 0.3) is 0 Å². The minimum Gasteiger partial charge on any atom is -0.295 e. The van der Waals surface area contributed by atoms with E-state index in [1.54, 1.807) is 6.08 Å². The third kappa shape index (κ3) is 8.98. The zero-order chi connectivity index (χ0) is 11.0. The lowest BCUT2D eigenvalue weighted by atomic mass is 10.1. The summed E-state index contributed by atoms with van der Waals surface area (Å²) in [6.45, 7) is 9.81. The Labute approximate surface area is 87.2 Å². The number of allylic oxidation sites excluding steroid dienone is 5. The Hall–Kier alpha value is -1.11. The van der Waals surface area contributed by atoms with Gasteiger partial charge in [-0.05, 0) is 39.7 Å². The maximum absolute atomic E-state index is 11.3. The highest BCUT2D eigenvalue weighted by molar-refractivity contribution is 5.89. The van der Waals surface area contributed by atoms with Crippen LogP contribution >= 0.6 is 0 Å². The van der Waals surface area contributed by atoms with E-state index in [0.717, 1.165) is 18.4 Å². The molecule has 0 spiro atoms. The van der Waals surface area contributed by atoms with Crippen LogP contribution in [0.5, 0.6) is 0 Å². The maximum Gasteiger partial charge on any atom is 0.155 e. The molecule has 0 heterocycles. The second-order valence-electron chi connectivity index (χ2n) is 3.88. The average molecular weight is 192 g/mol. The van der Waals surface area contributed by atoms with Gasteiger partial charge in [-0.25, -0.2) is 0 Å². The van der Waals surface area contributed by atoms with Crippen LogP contribution in [0.15, 0.2) is 36.0 Å². The minimum atomic E-state index is 0.198. The van der Waals surface area contributed by atoms with Gasteiger partial charge in [0.2, 0.25) is 0 Å². The van der Waals surface area contributed by atoms with Gasteiger partial charge < -0.3 is 0 Å². The third-order valence-corrected chi connectivity index (χ3v) is 1.74. The largest absolute Gasteiger partial charge is 0.295 e. The molecule has 0 fully saturated rings. The van der Waals surface area contributed by atoms with Gasteiger partial charge in [-0.15, -0.1) is 6.58 Å². The molecule has 0 aliphatic heterocycles. The van der Waals surface area contributed by atoms with Gasteiger partial charge in [-0.3, -0.25) is 4.79 Å². The van der Waals surface area contributed by atoms with E-state index < -0.39 is 0 Å². The van der Waals surface area contributed by atoms with Gasteiger partial charge in [0.05, 0.1) is 0 Å². The Morgan fingerprint density at radius 1 is 1.21 bits per heavy atom. The van der Waals surface area contributed by atoms with Crippen molar-refractivity contribution in [3.05, 3.63) is 36.0 Å². The van der Waals surface area contributed by atoms with Gasteiger partial charge in [0, 0.05) is 6.42 Å². The predicted molar refractivity (Wildman–Crippen MR) is 62.2 cm³/mol. The lowest BCUT2D eigenvalue weighted by Gasteiger charge is -1.96. The van der Waals surface area contributed by atoms with Crippen LogP contribution in [0.3, 0.4) is 0 Å². The van der Waals surface area contributed by atoms with Gasteiger partial charge in [-0.1, -0.05) is 23.3 Å². The van der Waals surface area contributed by atoms with E-state index in [-0.39, 0.29) is 5.78 Å². The standard InChI is InChI=1S/C13H20O/c1-11(2)7-5-9-13(14)10-6-8-12(3)4/h6,8,10H,1,5,7,9H2,2-4H3/b10-6+. The van der Waals surface area contributed by atoms with Crippen LogP contribution in [0, 0.1) is 0 Å². The van der Waals surface area contributed by atoms with Crippen molar-refractivity contribution in [2.24, 2.45) is 0 Å². The fraction of sp³-hybridized carbons (Fsp3) is 0.462. The second kappa shape index (κ2) is 7.31. The molecule has 0 aromatic rings. The van der Waals surface area contributed by atoms with Crippen LogP contribution in [0.25, 0.3) is 0 Å². The Kier molecular flexibility index (Phi) is 6.73. The smallest absolute Gasteiger partial charge is 0.155 e. The summed E-state index contributed by atoms with van der Waals surface area (Å²) in [7, 11) is 0. The van der Waals surface area contributed by atoms with Crippen molar-refractivity contribution >= 4 is 5.78 Å². The van der Waals surface area contributed by atoms with E-state index in [4.69, 9.17) is 0 Å². The average Bonchev–Trinajstić information content (AvgIpc) is 2.02. The number of hydrogen-bond acceptors (Lipinski definition) is 1. The highest BCUT2D eigenvalue weighted by atomic mass is 16.1. The molecule has 0 rings (SSSR count). The summed E-state index contributed by atoms with van der Waals surface area (Å²) < 4.78 is 0. The molecule has 0 saturated carbocycles. The maximum atomic E-state index is 11.3. The van der Waals surface area contributed by atoms with E-state index >= 15 is 0 Å². The Balaban J connectivity index is 3.71. The SMILES string of the molecule is C=C(C)CCCC(=O)/C=C/C=C(C)C. The molecule has 0 aliphatic carbocycles. The van der Waals surface area contributed by atoms with Gasteiger partial charge in [-0.2, -0.15) is 0 Å². The summed E-state index contributed by atoms with van der Waals surface area (Å²) in [4.78, 5) is 11.3. The molecule has 0 bridgehead atoms. The molecule has 0 saturated heterocycles. The van der Waals surface area contributed by atoms with Crippen LogP contribution in [0.4, 0.5) is 0 Å². The van der Waals surface area contributed by atoms with Crippen molar-refractivity contribution < 1.29 is 4.79 Å². The van der Waals surface area contributed by atoms with E-state index in [0.29, 0.717) is 6.42 Å². The van der Waals surface area contributed by atoms with Gasteiger partial charge in [0.15, 0.2) is 5.78 Å². The van der Waals surface area contributed by atoms with Crippen molar-refractivity contribution in [1.82, 2.24) is 0 Å². The monoisotopic (exact) mass is 192 g/mol. The summed E-state index contributed by atoms with van der Waals surface area (Å²) in [5.41, 5.74) is 2.35. The van der Waals surface area contributed by atoms with Crippen LogP contribution < -0.4 is 0 Å². The van der Waals surface area contributed by atoms with Crippen LogP contribution in [0.1, 0.15) is 40.0 Å². The quantitative estimate of drug-likeness (QED) is 0.355. The first-order valence-electron chi connectivity index (χ1n) is 5.01. The first kappa shape index (κ1) is 12.9. The first-order valence-corrected chi connectivity index (χ1v) is 5.01. The Morgan fingerprint density at radius 2 is 1.86 bits per heavy atom. The van der Waals surface area contributed by atoms with E-state index in [1.165, 1.54) is 5.57 Å². The van der Waals surface area contributed by atoms with Gasteiger partial charge in [0.1, 0.15) is 0 Å². The first-order chi connectivity index (χ1) is 6.52. The molecule has 1 heteroatoms. The van der Waals surface area contributed by atoms with Crippen molar-refractivity contribution in [1.29, 1.82) is 0 Å². The zero-order valence-electron chi connectivity index (χ0n) is 9.47. The fourth-order valence-electron chi connectivity index (χ4n) is 0.996. The zero-order valence-corrected chi connectivity index (χ0v) is 9.47. The third-order valence-electron chi connectivity index (χ3n) is 1.74. The molecule has 0 radical (unpaired) electrons. The molecular formula is C13H20O. The number of ketones is 1. The molecule has 14 heavy (non-hydrogen) atoms. The fourth-order valence-corrected chi connectivity index (χ4v) is 0.996. The molecular weight excluding hydrogens is 172 g/mol. The molecule has 1 nitrogen and oxygen atoms in total. The molecule has 0 aliphatic rings. The summed E-state index contributed by atoms with van der Waals surface area (Å²) in [5, 5.41) is 0. The van der Waals surface area contributed by atoms with Crippen LogP contribution in [-0.2, 0) is 4.79 Å². The summed E-state index contributed by atoms with van der Waals surface area (Å²) >= 11 is 0. The molecule has 0 atom stereocenters. The van der Waals surface area contributed by atoms with Crippen molar-refractivity contribution in [2.75, 3.05) is 0 Å². The predicted octanol–water partition coefficient (Wildman–Crippen LogP) is 3.82. The lowest BCUT2D eigenvalue weighted by Crippen LogP contribution is -1.91. The van der Waals surface area contributed by atoms with Crippen molar-refractivity contribution in [3.63, 3.8) is 0 Å². The highest BCUT2D eigenvalue weighted by Crippen LogP contribution is 2.04. The minimum absolute atomic E-state index is 0.198. The number of carbonyl (C=O) groups is 1. The van der Waals surface area contributed by atoms with E-state index in [9.17, 15) is 4.79 Å².